The van der Waals surface area contributed by atoms with Gasteiger partial charge in [-0.3, -0.25) is 9.36 Å². The minimum Gasteiger partial charge on any atom is -0.394 e. The molecule has 0 radical (unpaired) electrons. The van der Waals surface area contributed by atoms with E-state index >= 15 is 0 Å². The molecule has 1 fully saturated rings. The van der Waals surface area contributed by atoms with Crippen LogP contribution in [0.2, 0.25) is 0 Å². The summed E-state index contributed by atoms with van der Waals surface area (Å²) in [5.74, 6) is 0.488. The number of rotatable bonds is 13. The summed E-state index contributed by atoms with van der Waals surface area (Å²) >= 11 is 0. The molecule has 1 aliphatic rings. The molecule has 4 heterocycles. The fourth-order valence-corrected chi connectivity index (χ4v) is 4.75. The number of aromatic nitrogens is 5. The van der Waals surface area contributed by atoms with Crippen LogP contribution in [0.25, 0.3) is 22.1 Å². The molecule has 0 aliphatic carbocycles. The molecule has 5 rings (SSSR count). The van der Waals surface area contributed by atoms with Gasteiger partial charge in [-0.2, -0.15) is 0 Å². The van der Waals surface area contributed by atoms with Crippen LogP contribution in [0.4, 0.5) is 5.82 Å². The van der Waals surface area contributed by atoms with E-state index in [2.05, 4.69) is 36.6 Å². The Hall–Kier alpha value is -3.62. The largest absolute Gasteiger partial charge is 0.394 e. The summed E-state index contributed by atoms with van der Waals surface area (Å²) < 4.78 is 12.7. The average molecular weight is 540 g/mol. The van der Waals surface area contributed by atoms with Crippen molar-refractivity contribution in [1.29, 1.82) is 0 Å². The molecule has 13 nitrogen and oxygen atoms in total. The first-order chi connectivity index (χ1) is 19.1. The molecule has 1 saturated heterocycles. The lowest BCUT2D eigenvalue weighted by atomic mass is 10.1. The molecule has 6 N–H and O–H groups in total. The molecule has 1 amide bonds. The molecule has 208 valence electrons. The number of benzene rings is 1. The van der Waals surface area contributed by atoms with E-state index in [1.165, 1.54) is 28.2 Å². The van der Waals surface area contributed by atoms with Crippen LogP contribution in [-0.2, 0) is 20.7 Å². The number of carbonyl (C=O) groups excluding carboxylic acids is 1. The summed E-state index contributed by atoms with van der Waals surface area (Å²) in [5, 5.41) is 36.9. The van der Waals surface area contributed by atoms with Crippen LogP contribution in [0.15, 0.2) is 43.1 Å². The van der Waals surface area contributed by atoms with Gasteiger partial charge in [0.1, 0.15) is 24.6 Å². The smallest absolute Gasteiger partial charge is 0.220 e. The third kappa shape index (κ3) is 6.02. The lowest BCUT2D eigenvalue weighted by molar-refractivity contribution is -0.121. The van der Waals surface area contributed by atoms with Gasteiger partial charge in [0.05, 0.1) is 26.1 Å². The van der Waals surface area contributed by atoms with E-state index in [4.69, 9.17) is 9.47 Å². The number of aliphatic hydroxyl groups is 3. The Bertz CT molecular complexity index is 1390. The highest BCUT2D eigenvalue weighted by molar-refractivity contribution is 5.83. The first kappa shape index (κ1) is 27.0. The number of fused-ring (bicyclic) bond motifs is 2. The Labute approximate surface area is 224 Å². The molecule has 39 heavy (non-hydrogen) atoms. The van der Waals surface area contributed by atoms with Gasteiger partial charge < -0.3 is 40.4 Å². The number of ether oxygens (including phenoxy) is 2. The van der Waals surface area contributed by atoms with Crippen LogP contribution in [-0.4, -0.2) is 97.0 Å². The summed E-state index contributed by atoms with van der Waals surface area (Å²) in [6, 6.07) is 8.15. The number of hydrogen-bond donors (Lipinski definition) is 6. The number of H-pyrrole nitrogens is 1. The summed E-state index contributed by atoms with van der Waals surface area (Å²) in [5.41, 5.74) is 3.21. The Morgan fingerprint density at radius 3 is 2.82 bits per heavy atom. The van der Waals surface area contributed by atoms with Crippen molar-refractivity contribution in [3.05, 3.63) is 48.7 Å². The normalized spacial score (nSPS) is 21.1. The van der Waals surface area contributed by atoms with Crippen molar-refractivity contribution in [2.45, 2.75) is 43.8 Å². The fraction of sp³-hybridized carbons (Fsp3) is 0.462. The van der Waals surface area contributed by atoms with Crippen LogP contribution in [0.5, 0.6) is 0 Å². The number of nitrogens with zero attached hydrogens (tertiary/aromatic N) is 4. The van der Waals surface area contributed by atoms with Crippen LogP contribution < -0.4 is 10.6 Å². The maximum atomic E-state index is 12.1. The van der Waals surface area contributed by atoms with Crippen molar-refractivity contribution in [2.24, 2.45) is 0 Å². The average Bonchev–Trinajstić information content (AvgIpc) is 3.64. The quantitative estimate of drug-likeness (QED) is 0.131. The van der Waals surface area contributed by atoms with E-state index < -0.39 is 31.1 Å². The lowest BCUT2D eigenvalue weighted by Crippen LogP contribution is -2.33. The van der Waals surface area contributed by atoms with Crippen molar-refractivity contribution in [1.82, 2.24) is 29.8 Å². The number of para-hydroxylation sites is 1. The van der Waals surface area contributed by atoms with E-state index in [1.807, 2.05) is 24.4 Å². The third-order valence-electron chi connectivity index (χ3n) is 6.78. The van der Waals surface area contributed by atoms with Gasteiger partial charge in [0.2, 0.25) is 5.91 Å². The van der Waals surface area contributed by atoms with Gasteiger partial charge in [-0.25, -0.2) is 15.0 Å². The van der Waals surface area contributed by atoms with E-state index in [0.29, 0.717) is 49.7 Å². The number of aryl methyl sites for hydroxylation is 1. The highest BCUT2D eigenvalue weighted by Crippen LogP contribution is 2.32. The van der Waals surface area contributed by atoms with Crippen LogP contribution in [0.3, 0.4) is 0 Å². The zero-order chi connectivity index (χ0) is 27.2. The summed E-state index contributed by atoms with van der Waals surface area (Å²) in [7, 11) is 0. The highest BCUT2D eigenvalue weighted by atomic mass is 16.6. The molecule has 13 heteroatoms. The second-order valence-electron chi connectivity index (χ2n) is 9.38. The van der Waals surface area contributed by atoms with Crippen molar-refractivity contribution < 1.29 is 29.6 Å². The fourth-order valence-electron chi connectivity index (χ4n) is 4.75. The Morgan fingerprint density at radius 1 is 1.13 bits per heavy atom. The molecule has 3 aromatic heterocycles. The number of nitrogens with one attached hydrogen (secondary N) is 3. The second-order valence-corrected chi connectivity index (χ2v) is 9.38. The van der Waals surface area contributed by atoms with Crippen molar-refractivity contribution >= 4 is 33.8 Å². The summed E-state index contributed by atoms with van der Waals surface area (Å²) in [4.78, 5) is 28.2. The maximum Gasteiger partial charge on any atom is 0.220 e. The van der Waals surface area contributed by atoms with Crippen LogP contribution in [0, 0.1) is 0 Å². The molecule has 0 saturated carbocycles. The highest BCUT2D eigenvalue weighted by Gasteiger charge is 2.44. The predicted octanol–water partition coefficient (Wildman–Crippen LogP) is 0.487. The van der Waals surface area contributed by atoms with E-state index in [-0.39, 0.29) is 5.91 Å². The lowest BCUT2D eigenvalue weighted by Gasteiger charge is -2.16. The van der Waals surface area contributed by atoms with Crippen LogP contribution >= 0.6 is 0 Å². The molecular weight excluding hydrogens is 506 g/mol. The van der Waals surface area contributed by atoms with E-state index in [1.54, 1.807) is 0 Å². The van der Waals surface area contributed by atoms with Gasteiger partial charge in [0, 0.05) is 36.6 Å². The van der Waals surface area contributed by atoms with Crippen molar-refractivity contribution in [3.63, 3.8) is 0 Å². The zero-order valence-corrected chi connectivity index (χ0v) is 21.4. The summed E-state index contributed by atoms with van der Waals surface area (Å²) in [6.07, 6.45) is 2.61. The van der Waals surface area contributed by atoms with Gasteiger partial charge in [-0.05, 0) is 24.5 Å². The second kappa shape index (κ2) is 12.5. The Balaban J connectivity index is 0.999. The number of aliphatic hydroxyl groups excluding tert-OH is 3. The van der Waals surface area contributed by atoms with Crippen molar-refractivity contribution in [2.75, 3.05) is 38.2 Å². The molecule has 1 aromatic carbocycles. The Morgan fingerprint density at radius 2 is 1.97 bits per heavy atom. The molecule has 0 bridgehead atoms. The van der Waals surface area contributed by atoms with Gasteiger partial charge in [0.15, 0.2) is 23.2 Å². The zero-order valence-electron chi connectivity index (χ0n) is 21.4. The monoisotopic (exact) mass is 539 g/mol. The number of amides is 1. The standard InChI is InChI=1S/C26H33N7O6/c34-13-19-22(36)23(37)26(39-19)33-15-32-21-24(30-14-31-25(21)33)28-9-11-38-10-8-27-20(35)7-3-4-16-12-29-18-6-2-1-5-17(16)18/h1-2,5-6,12,14-15,19,22-23,26,29,34,36-37H,3-4,7-11,13H2,(H,27,35)(H,28,30,31)/t19-,22-,23-,26-/m1/s1. The van der Waals surface area contributed by atoms with Gasteiger partial charge in [0.25, 0.3) is 0 Å². The molecule has 0 spiro atoms. The minimum atomic E-state index is -1.24. The number of anilines is 1. The number of aromatic amines is 1. The number of carbonyl (C=O) groups is 1. The first-order valence-electron chi connectivity index (χ1n) is 13.0. The van der Waals surface area contributed by atoms with E-state index in [0.717, 1.165) is 18.4 Å². The van der Waals surface area contributed by atoms with Crippen LogP contribution in [0.1, 0.15) is 24.6 Å². The topological polar surface area (TPSA) is 180 Å². The predicted molar refractivity (Wildman–Crippen MR) is 142 cm³/mol. The van der Waals surface area contributed by atoms with Gasteiger partial charge in [-0.1, -0.05) is 18.2 Å². The molecule has 4 atom stereocenters. The number of hydrogen-bond acceptors (Lipinski definition) is 10. The molecule has 0 unspecified atom stereocenters. The van der Waals surface area contributed by atoms with Gasteiger partial charge in [-0.15, -0.1) is 0 Å². The molecule has 1 aliphatic heterocycles. The third-order valence-corrected chi connectivity index (χ3v) is 6.78. The Kier molecular flexibility index (Phi) is 8.64. The van der Waals surface area contributed by atoms with E-state index in [9.17, 15) is 20.1 Å². The van der Waals surface area contributed by atoms with Gasteiger partial charge >= 0.3 is 0 Å². The first-order valence-corrected chi connectivity index (χ1v) is 13.0. The summed E-state index contributed by atoms with van der Waals surface area (Å²) in [6.45, 7) is 1.23. The SMILES string of the molecule is O=C(CCCc1c[nH]c2ccccc12)NCCOCCNc1ncnc2c1ncn2[C@@H]1O[C@H](CO)[C@@H](O)[C@H]1O. The number of imidazole rings is 1. The maximum absolute atomic E-state index is 12.1. The minimum absolute atomic E-state index is 0.00437. The molecule has 4 aromatic rings. The van der Waals surface area contributed by atoms with Crippen molar-refractivity contribution in [3.8, 4) is 0 Å². The molecular formula is C26H33N7O6.